The molecule has 0 bridgehead atoms. The summed E-state index contributed by atoms with van der Waals surface area (Å²) in [6, 6.07) is 4.13. The monoisotopic (exact) mass is 358 g/mol. The fourth-order valence-corrected chi connectivity index (χ4v) is 2.87. The van der Waals surface area contributed by atoms with Crippen LogP contribution in [0.15, 0.2) is 18.2 Å². The molecule has 1 aliphatic rings. The van der Waals surface area contributed by atoms with Crippen molar-refractivity contribution in [1.82, 2.24) is 10.2 Å². The summed E-state index contributed by atoms with van der Waals surface area (Å²) in [6.07, 6.45) is 1.36. The zero-order valence-electron chi connectivity index (χ0n) is 12.2. The first-order valence-corrected chi connectivity index (χ1v) is 7.88. The number of hydrogen-bond acceptors (Lipinski definition) is 3. The van der Waals surface area contributed by atoms with E-state index in [1.54, 1.807) is 0 Å². The molecular weight excluding hydrogens is 343 g/mol. The third kappa shape index (κ3) is 4.59. The normalized spacial score (nSPS) is 17.1. The minimum atomic E-state index is -0.936. The molecule has 23 heavy (non-hydrogen) atoms. The van der Waals surface area contributed by atoms with Crippen molar-refractivity contribution in [2.24, 2.45) is 0 Å². The van der Waals surface area contributed by atoms with Gasteiger partial charge in [0.25, 0.3) is 5.91 Å². The molecule has 1 aromatic rings. The molecule has 1 fully saturated rings. The molecule has 8 heteroatoms. The number of carboxylic acid groups (broad SMARTS) is 1. The number of carboxylic acids is 1. The first kappa shape index (κ1) is 17.6. The van der Waals surface area contributed by atoms with Crippen molar-refractivity contribution in [3.63, 3.8) is 0 Å². The van der Waals surface area contributed by atoms with Gasteiger partial charge in [0.05, 0.1) is 23.0 Å². The molecule has 0 saturated carbocycles. The summed E-state index contributed by atoms with van der Waals surface area (Å²) in [5.41, 5.74) is 0.302. The molecule has 6 nitrogen and oxygen atoms in total. The average molecular weight is 359 g/mol. The summed E-state index contributed by atoms with van der Waals surface area (Å²) in [5.74, 6) is -1.66. The first-order chi connectivity index (χ1) is 10.9. The van der Waals surface area contributed by atoms with E-state index in [4.69, 9.17) is 28.3 Å². The predicted molar refractivity (Wildman–Crippen MR) is 85.8 cm³/mol. The van der Waals surface area contributed by atoms with Crippen molar-refractivity contribution in [3.05, 3.63) is 33.8 Å². The summed E-state index contributed by atoms with van der Waals surface area (Å²) in [4.78, 5) is 36.5. The van der Waals surface area contributed by atoms with Gasteiger partial charge < -0.3 is 15.3 Å². The number of benzene rings is 1. The zero-order chi connectivity index (χ0) is 17.0. The van der Waals surface area contributed by atoms with Gasteiger partial charge in [-0.05, 0) is 31.0 Å². The van der Waals surface area contributed by atoms with Crippen LogP contribution in [-0.4, -0.2) is 46.9 Å². The number of carbonyl (C=O) groups is 3. The molecule has 1 aliphatic heterocycles. The lowest BCUT2D eigenvalue weighted by Crippen LogP contribution is -2.43. The average Bonchev–Trinajstić information content (AvgIpc) is 2.94. The smallest absolute Gasteiger partial charge is 0.305 e. The molecule has 0 aromatic heterocycles. The molecule has 1 aromatic carbocycles. The Morgan fingerprint density at radius 1 is 1.26 bits per heavy atom. The standard InChI is InChI=1S/C15H16Cl2N2O4/c16-11-4-3-9(6-12(11)17)15(23)18-8-13(20)19-5-1-2-10(19)7-14(21)22/h3-4,6,10H,1-2,5,7-8H2,(H,18,23)(H,21,22). The van der Waals surface area contributed by atoms with Crippen molar-refractivity contribution in [2.75, 3.05) is 13.1 Å². The van der Waals surface area contributed by atoms with Gasteiger partial charge in [-0.15, -0.1) is 0 Å². The molecule has 1 atom stereocenters. The lowest BCUT2D eigenvalue weighted by molar-refractivity contribution is -0.139. The molecular formula is C15H16Cl2N2O4. The summed E-state index contributed by atoms with van der Waals surface area (Å²) < 4.78 is 0. The van der Waals surface area contributed by atoms with Crippen molar-refractivity contribution in [1.29, 1.82) is 0 Å². The van der Waals surface area contributed by atoms with Gasteiger partial charge in [0, 0.05) is 18.2 Å². The number of nitrogens with zero attached hydrogens (tertiary/aromatic N) is 1. The van der Waals surface area contributed by atoms with Crippen LogP contribution in [0.5, 0.6) is 0 Å². The van der Waals surface area contributed by atoms with Crippen LogP contribution in [0.1, 0.15) is 29.6 Å². The Morgan fingerprint density at radius 3 is 2.65 bits per heavy atom. The van der Waals surface area contributed by atoms with Gasteiger partial charge in [0.15, 0.2) is 0 Å². The van der Waals surface area contributed by atoms with Crippen LogP contribution in [0.4, 0.5) is 0 Å². The summed E-state index contributed by atoms with van der Waals surface area (Å²) >= 11 is 11.6. The van der Waals surface area contributed by atoms with Gasteiger partial charge in [-0.2, -0.15) is 0 Å². The second kappa shape index (κ2) is 7.66. The van der Waals surface area contributed by atoms with Gasteiger partial charge in [-0.3, -0.25) is 14.4 Å². The number of amides is 2. The van der Waals surface area contributed by atoms with E-state index in [2.05, 4.69) is 5.32 Å². The lowest BCUT2D eigenvalue weighted by atomic mass is 10.1. The molecule has 2 N–H and O–H groups in total. The Labute approximate surface area is 143 Å². The molecule has 1 saturated heterocycles. The SMILES string of the molecule is O=C(O)CC1CCCN1C(=O)CNC(=O)c1ccc(Cl)c(Cl)c1. The maximum absolute atomic E-state index is 12.2. The molecule has 0 spiro atoms. The Kier molecular flexibility index (Phi) is 5.85. The lowest BCUT2D eigenvalue weighted by Gasteiger charge is -2.23. The van der Waals surface area contributed by atoms with Gasteiger partial charge in [0.1, 0.15) is 0 Å². The predicted octanol–water partition coefficient (Wildman–Crippen LogP) is 2.19. The minimum absolute atomic E-state index is 0.0769. The summed E-state index contributed by atoms with van der Waals surface area (Å²) in [7, 11) is 0. The summed E-state index contributed by atoms with van der Waals surface area (Å²) in [5, 5.41) is 12.0. The Bertz CT molecular complexity index is 636. The quantitative estimate of drug-likeness (QED) is 0.844. The fraction of sp³-hybridized carbons (Fsp3) is 0.400. The maximum atomic E-state index is 12.2. The Hall–Kier alpha value is -1.79. The van der Waals surface area contributed by atoms with Crippen LogP contribution in [0, 0.1) is 0 Å². The number of likely N-dealkylation sites (tertiary alicyclic amines) is 1. The van der Waals surface area contributed by atoms with E-state index >= 15 is 0 Å². The van der Waals surface area contributed by atoms with Gasteiger partial charge in [-0.25, -0.2) is 0 Å². The second-order valence-electron chi connectivity index (χ2n) is 5.29. The van der Waals surface area contributed by atoms with E-state index in [1.807, 2.05) is 0 Å². The molecule has 124 valence electrons. The molecule has 0 radical (unpaired) electrons. The minimum Gasteiger partial charge on any atom is -0.481 e. The van der Waals surface area contributed by atoms with Crippen LogP contribution in [-0.2, 0) is 9.59 Å². The molecule has 1 unspecified atom stereocenters. The van der Waals surface area contributed by atoms with Crippen molar-refractivity contribution >= 4 is 41.0 Å². The van der Waals surface area contributed by atoms with Crippen LogP contribution in [0.25, 0.3) is 0 Å². The number of halogens is 2. The zero-order valence-corrected chi connectivity index (χ0v) is 13.7. The van der Waals surface area contributed by atoms with E-state index in [9.17, 15) is 14.4 Å². The fourth-order valence-electron chi connectivity index (χ4n) is 2.57. The summed E-state index contributed by atoms with van der Waals surface area (Å²) in [6.45, 7) is 0.328. The van der Waals surface area contributed by atoms with Gasteiger partial charge in [0.2, 0.25) is 5.91 Å². The van der Waals surface area contributed by atoms with Gasteiger partial charge in [-0.1, -0.05) is 23.2 Å². The van der Waals surface area contributed by atoms with E-state index in [1.165, 1.54) is 23.1 Å². The topological polar surface area (TPSA) is 86.7 Å². The highest BCUT2D eigenvalue weighted by Crippen LogP contribution is 2.23. The second-order valence-corrected chi connectivity index (χ2v) is 6.11. The van der Waals surface area contributed by atoms with Crippen LogP contribution >= 0.6 is 23.2 Å². The first-order valence-electron chi connectivity index (χ1n) is 7.13. The molecule has 2 amide bonds. The Balaban J connectivity index is 1.91. The number of nitrogens with one attached hydrogen (secondary N) is 1. The third-order valence-corrected chi connectivity index (χ3v) is 4.43. The molecule has 0 aliphatic carbocycles. The third-order valence-electron chi connectivity index (χ3n) is 3.69. The van der Waals surface area contributed by atoms with Crippen LogP contribution < -0.4 is 5.32 Å². The number of hydrogen-bond donors (Lipinski definition) is 2. The van der Waals surface area contributed by atoms with Gasteiger partial charge >= 0.3 is 5.97 Å². The number of aliphatic carboxylic acids is 1. The van der Waals surface area contributed by atoms with E-state index in [0.29, 0.717) is 23.6 Å². The van der Waals surface area contributed by atoms with Crippen molar-refractivity contribution in [2.45, 2.75) is 25.3 Å². The van der Waals surface area contributed by atoms with Crippen LogP contribution in [0.2, 0.25) is 10.0 Å². The van der Waals surface area contributed by atoms with E-state index in [0.717, 1.165) is 6.42 Å². The largest absolute Gasteiger partial charge is 0.481 e. The number of rotatable bonds is 5. The van der Waals surface area contributed by atoms with Crippen molar-refractivity contribution in [3.8, 4) is 0 Å². The van der Waals surface area contributed by atoms with Crippen LogP contribution in [0.3, 0.4) is 0 Å². The number of carbonyl (C=O) groups excluding carboxylic acids is 2. The highest BCUT2D eigenvalue weighted by atomic mass is 35.5. The molecule has 2 rings (SSSR count). The molecule has 1 heterocycles. The maximum Gasteiger partial charge on any atom is 0.305 e. The highest BCUT2D eigenvalue weighted by Gasteiger charge is 2.30. The van der Waals surface area contributed by atoms with E-state index in [-0.39, 0.29) is 29.9 Å². The van der Waals surface area contributed by atoms with E-state index < -0.39 is 11.9 Å². The Morgan fingerprint density at radius 2 is 2.00 bits per heavy atom. The highest BCUT2D eigenvalue weighted by molar-refractivity contribution is 6.42. The van der Waals surface area contributed by atoms with Crippen molar-refractivity contribution < 1.29 is 19.5 Å².